The largest absolute Gasteiger partial charge is 0.269 e. The lowest BCUT2D eigenvalue weighted by atomic mass is 10.2. The first kappa shape index (κ1) is 15.2. The van der Waals surface area contributed by atoms with Crippen molar-refractivity contribution in [3.05, 3.63) is 90.7 Å². The molecule has 1 aliphatic heterocycles. The van der Waals surface area contributed by atoms with Gasteiger partial charge in [-0.3, -0.25) is 9.59 Å². The van der Waals surface area contributed by atoms with Crippen molar-refractivity contribution in [2.75, 3.05) is 4.90 Å². The SMILES string of the molecule is C=C=Cc1ccccc1.O=C1C=CC(=O)N1c1ccccc1. The third kappa shape index (κ3) is 3.92. The quantitative estimate of drug-likeness (QED) is 0.625. The number of nitrogens with zero attached hydrogens (tertiary/aromatic N) is 1. The maximum atomic E-state index is 11.2. The summed E-state index contributed by atoms with van der Waals surface area (Å²) in [4.78, 5) is 23.5. The molecule has 2 amide bonds. The topological polar surface area (TPSA) is 37.4 Å². The van der Waals surface area contributed by atoms with Crippen LogP contribution in [0.15, 0.2) is 85.1 Å². The molecular formula is C19H15NO2. The summed E-state index contributed by atoms with van der Waals surface area (Å²) in [5.41, 5.74) is 4.47. The maximum Gasteiger partial charge on any atom is 0.258 e. The Morgan fingerprint density at radius 2 is 1.32 bits per heavy atom. The molecule has 0 radical (unpaired) electrons. The van der Waals surface area contributed by atoms with E-state index in [4.69, 9.17) is 0 Å². The van der Waals surface area contributed by atoms with Gasteiger partial charge in [0.25, 0.3) is 11.8 Å². The Labute approximate surface area is 129 Å². The van der Waals surface area contributed by atoms with Crippen LogP contribution in [-0.4, -0.2) is 11.8 Å². The van der Waals surface area contributed by atoms with Crippen molar-refractivity contribution < 1.29 is 9.59 Å². The highest BCUT2D eigenvalue weighted by Crippen LogP contribution is 2.17. The van der Waals surface area contributed by atoms with Crippen LogP contribution in [0.1, 0.15) is 5.56 Å². The summed E-state index contributed by atoms with van der Waals surface area (Å²) in [6, 6.07) is 18.8. The number of hydrogen-bond donors (Lipinski definition) is 0. The van der Waals surface area contributed by atoms with Crippen LogP contribution in [0.3, 0.4) is 0 Å². The maximum absolute atomic E-state index is 11.2. The van der Waals surface area contributed by atoms with Crippen LogP contribution in [-0.2, 0) is 9.59 Å². The van der Waals surface area contributed by atoms with E-state index in [-0.39, 0.29) is 11.8 Å². The van der Waals surface area contributed by atoms with Crippen molar-refractivity contribution in [2.45, 2.75) is 0 Å². The monoisotopic (exact) mass is 289 g/mol. The minimum absolute atomic E-state index is 0.281. The van der Waals surface area contributed by atoms with Crippen molar-refractivity contribution in [1.29, 1.82) is 0 Å². The second-order valence-electron chi connectivity index (χ2n) is 4.44. The third-order valence-electron chi connectivity index (χ3n) is 2.89. The molecule has 3 nitrogen and oxygen atoms in total. The molecule has 0 saturated heterocycles. The molecule has 0 atom stereocenters. The van der Waals surface area contributed by atoms with Gasteiger partial charge < -0.3 is 0 Å². The molecule has 22 heavy (non-hydrogen) atoms. The lowest BCUT2D eigenvalue weighted by Crippen LogP contribution is -2.29. The Kier molecular flexibility index (Phi) is 5.25. The van der Waals surface area contributed by atoms with Gasteiger partial charge in [-0.1, -0.05) is 55.1 Å². The van der Waals surface area contributed by atoms with E-state index in [0.717, 1.165) is 10.5 Å². The molecule has 1 heterocycles. The van der Waals surface area contributed by atoms with Crippen molar-refractivity contribution in [2.24, 2.45) is 0 Å². The first-order chi connectivity index (χ1) is 10.7. The molecule has 0 N–H and O–H groups in total. The summed E-state index contributed by atoms with van der Waals surface area (Å²) in [5.74, 6) is -0.563. The van der Waals surface area contributed by atoms with Gasteiger partial charge in [0.1, 0.15) is 0 Å². The van der Waals surface area contributed by atoms with Crippen LogP contribution in [0.25, 0.3) is 6.08 Å². The van der Waals surface area contributed by atoms with Crippen LogP contribution in [0.4, 0.5) is 5.69 Å². The Bertz CT molecular complexity index is 709. The zero-order chi connectivity index (χ0) is 15.8. The number of amides is 2. The van der Waals surface area contributed by atoms with E-state index in [1.54, 1.807) is 24.3 Å². The lowest BCUT2D eigenvalue weighted by Gasteiger charge is -2.12. The van der Waals surface area contributed by atoms with Gasteiger partial charge in [0.15, 0.2) is 0 Å². The summed E-state index contributed by atoms with van der Waals surface area (Å²) in [6.07, 6.45) is 4.39. The Hall–Kier alpha value is -3.16. The number of carbonyl (C=O) groups excluding carboxylic acids is 2. The number of anilines is 1. The molecule has 0 saturated carbocycles. The molecular weight excluding hydrogens is 274 g/mol. The van der Waals surface area contributed by atoms with E-state index in [9.17, 15) is 9.59 Å². The first-order valence-electron chi connectivity index (χ1n) is 6.74. The van der Waals surface area contributed by atoms with Gasteiger partial charge in [-0.05, 0) is 23.8 Å². The van der Waals surface area contributed by atoms with Crippen LogP contribution < -0.4 is 4.90 Å². The molecule has 2 aromatic carbocycles. The smallest absolute Gasteiger partial charge is 0.258 e. The van der Waals surface area contributed by atoms with Gasteiger partial charge in [-0.2, -0.15) is 0 Å². The van der Waals surface area contributed by atoms with Crippen LogP contribution in [0, 0.1) is 0 Å². The summed E-state index contributed by atoms with van der Waals surface area (Å²) < 4.78 is 0. The fourth-order valence-corrected chi connectivity index (χ4v) is 1.90. The predicted octanol–water partition coefficient (Wildman–Crippen LogP) is 3.60. The molecule has 0 spiro atoms. The van der Waals surface area contributed by atoms with Crippen molar-refractivity contribution in [3.8, 4) is 0 Å². The van der Waals surface area contributed by atoms with Crippen LogP contribution in [0.5, 0.6) is 0 Å². The summed E-state index contributed by atoms with van der Waals surface area (Å²) in [6.45, 7) is 3.48. The number of benzene rings is 2. The molecule has 0 bridgehead atoms. The Balaban J connectivity index is 0.000000172. The standard InChI is InChI=1S/C10H7NO2.C9H8/c12-9-6-7-10(13)11(9)8-4-2-1-3-5-8;1-2-6-9-7-4-3-5-8-9/h1-7H;3-8H,1H2. The normalized spacial score (nSPS) is 12.5. The molecule has 0 aliphatic carbocycles. The van der Waals surface area contributed by atoms with Crippen molar-refractivity contribution in [1.82, 2.24) is 0 Å². The van der Waals surface area contributed by atoms with Gasteiger partial charge >= 0.3 is 0 Å². The second-order valence-corrected chi connectivity index (χ2v) is 4.44. The Morgan fingerprint density at radius 1 is 0.818 bits per heavy atom. The Morgan fingerprint density at radius 3 is 1.82 bits per heavy atom. The number of hydrogen-bond acceptors (Lipinski definition) is 2. The zero-order valence-electron chi connectivity index (χ0n) is 12.0. The highest BCUT2D eigenvalue weighted by atomic mass is 16.2. The van der Waals surface area contributed by atoms with Gasteiger partial charge in [-0.15, -0.1) is 5.73 Å². The van der Waals surface area contributed by atoms with Gasteiger partial charge in [0.05, 0.1) is 5.69 Å². The average molecular weight is 289 g/mol. The van der Waals surface area contributed by atoms with E-state index in [1.165, 1.54) is 12.2 Å². The summed E-state index contributed by atoms with van der Waals surface area (Å²) >= 11 is 0. The minimum Gasteiger partial charge on any atom is -0.269 e. The predicted molar refractivity (Wildman–Crippen MR) is 88.1 cm³/mol. The van der Waals surface area contributed by atoms with Crippen molar-refractivity contribution in [3.63, 3.8) is 0 Å². The van der Waals surface area contributed by atoms with E-state index in [2.05, 4.69) is 12.3 Å². The number of imide groups is 1. The highest BCUT2D eigenvalue weighted by molar-refractivity contribution is 6.28. The van der Waals surface area contributed by atoms with Crippen LogP contribution in [0.2, 0.25) is 0 Å². The second kappa shape index (κ2) is 7.58. The van der Waals surface area contributed by atoms with Crippen molar-refractivity contribution >= 4 is 23.6 Å². The molecule has 108 valence electrons. The lowest BCUT2D eigenvalue weighted by molar-refractivity contribution is -0.119. The highest BCUT2D eigenvalue weighted by Gasteiger charge is 2.24. The third-order valence-corrected chi connectivity index (χ3v) is 2.89. The number of rotatable bonds is 2. The molecule has 2 aromatic rings. The van der Waals surface area contributed by atoms with E-state index < -0.39 is 0 Å². The van der Waals surface area contributed by atoms with E-state index >= 15 is 0 Å². The molecule has 1 aliphatic rings. The van der Waals surface area contributed by atoms with Gasteiger partial charge in [0, 0.05) is 12.2 Å². The van der Waals surface area contributed by atoms with Crippen LogP contribution >= 0.6 is 0 Å². The molecule has 0 unspecified atom stereocenters. The van der Waals surface area contributed by atoms with Gasteiger partial charge in [0.2, 0.25) is 0 Å². The van der Waals surface area contributed by atoms with E-state index in [1.807, 2.05) is 42.5 Å². The number of para-hydroxylation sites is 1. The molecule has 3 rings (SSSR count). The molecule has 0 aromatic heterocycles. The average Bonchev–Trinajstić information content (AvgIpc) is 2.89. The summed E-state index contributed by atoms with van der Waals surface area (Å²) in [7, 11) is 0. The van der Waals surface area contributed by atoms with E-state index in [0.29, 0.717) is 5.69 Å². The first-order valence-corrected chi connectivity index (χ1v) is 6.74. The minimum atomic E-state index is -0.281. The number of carbonyl (C=O) groups is 2. The summed E-state index contributed by atoms with van der Waals surface area (Å²) in [5, 5.41) is 0. The fraction of sp³-hybridized carbons (Fsp3) is 0. The fourth-order valence-electron chi connectivity index (χ4n) is 1.90. The molecule has 3 heteroatoms. The van der Waals surface area contributed by atoms with Gasteiger partial charge in [-0.25, -0.2) is 4.90 Å². The zero-order valence-corrected chi connectivity index (χ0v) is 12.0. The molecule has 0 fully saturated rings.